The fourth-order valence-corrected chi connectivity index (χ4v) is 4.74. The quantitative estimate of drug-likeness (QED) is 0.149. The zero-order chi connectivity index (χ0) is 28.6. The number of hydrogen-bond donors (Lipinski definition) is 5. The lowest BCUT2D eigenvalue weighted by atomic mass is 9.96. The molecule has 2 heterocycles. The second-order valence-electron chi connectivity index (χ2n) is 11.4. The number of nitrogens with one attached hydrogen (secondary N) is 4. The molecule has 0 bridgehead atoms. The molecule has 1 fully saturated rings. The molecule has 39 heavy (non-hydrogen) atoms. The first-order chi connectivity index (χ1) is 18.4. The van der Waals surface area contributed by atoms with Crippen LogP contribution in [0.5, 0.6) is 0 Å². The van der Waals surface area contributed by atoms with Crippen LogP contribution < -0.4 is 21.7 Å². The predicted octanol–water partition coefficient (Wildman–Crippen LogP) is 2.95. The normalized spacial score (nSPS) is 19.2. The van der Waals surface area contributed by atoms with Gasteiger partial charge in [-0.15, -0.1) is 0 Å². The third kappa shape index (κ3) is 8.54. The van der Waals surface area contributed by atoms with E-state index in [0.717, 1.165) is 29.3 Å². The Hall–Kier alpha value is -3.40. The molecular weight excluding hydrogens is 498 g/mol. The Morgan fingerprint density at radius 1 is 1.00 bits per heavy atom. The first-order valence-electron chi connectivity index (χ1n) is 13.9. The zero-order valence-electron chi connectivity index (χ0n) is 23.5. The van der Waals surface area contributed by atoms with Crippen molar-refractivity contribution in [3.05, 3.63) is 36.0 Å². The molecule has 1 unspecified atom stereocenters. The van der Waals surface area contributed by atoms with E-state index >= 15 is 0 Å². The van der Waals surface area contributed by atoms with Crippen molar-refractivity contribution >= 4 is 34.6 Å². The number of fused-ring (bicyclic) bond motifs is 1. The summed E-state index contributed by atoms with van der Waals surface area (Å²) >= 11 is 0. The van der Waals surface area contributed by atoms with Crippen molar-refractivity contribution in [1.29, 1.82) is 0 Å². The van der Waals surface area contributed by atoms with Gasteiger partial charge in [0.1, 0.15) is 17.7 Å². The van der Waals surface area contributed by atoms with Gasteiger partial charge >= 0.3 is 5.97 Å². The van der Waals surface area contributed by atoms with Crippen LogP contribution in [0, 0.1) is 0 Å². The maximum Gasteiger partial charge on any atom is 0.347 e. The highest BCUT2D eigenvalue weighted by Crippen LogP contribution is 2.21. The molecule has 214 valence electrons. The summed E-state index contributed by atoms with van der Waals surface area (Å²) < 4.78 is 5.48. The highest BCUT2D eigenvalue weighted by atomic mass is 16.6. The van der Waals surface area contributed by atoms with E-state index in [1.165, 1.54) is 0 Å². The molecule has 6 N–H and O–H groups in total. The summed E-state index contributed by atoms with van der Waals surface area (Å²) in [6.45, 7) is 7.22. The molecule has 0 aliphatic carbocycles. The molecule has 0 saturated carbocycles. The van der Waals surface area contributed by atoms with E-state index in [0.29, 0.717) is 25.7 Å². The number of H-pyrrole nitrogens is 1. The van der Waals surface area contributed by atoms with Gasteiger partial charge in [0.15, 0.2) is 5.66 Å². The van der Waals surface area contributed by atoms with E-state index < -0.39 is 29.3 Å². The average Bonchev–Trinajstić information content (AvgIpc) is 3.27. The smallest absolute Gasteiger partial charge is 0.347 e. The fourth-order valence-electron chi connectivity index (χ4n) is 4.74. The van der Waals surface area contributed by atoms with Crippen LogP contribution in [0.15, 0.2) is 30.5 Å². The van der Waals surface area contributed by atoms with E-state index in [2.05, 4.69) is 20.9 Å². The monoisotopic (exact) mass is 541 g/mol. The first-order valence-corrected chi connectivity index (χ1v) is 13.9. The van der Waals surface area contributed by atoms with E-state index in [1.54, 1.807) is 20.8 Å². The minimum Gasteiger partial charge on any atom is -0.457 e. The summed E-state index contributed by atoms with van der Waals surface area (Å²) in [6.07, 6.45) is 6.50. The van der Waals surface area contributed by atoms with E-state index in [1.807, 2.05) is 37.4 Å². The molecule has 1 aromatic heterocycles. The van der Waals surface area contributed by atoms with Gasteiger partial charge < -0.3 is 25.7 Å². The average molecular weight is 542 g/mol. The largest absolute Gasteiger partial charge is 0.457 e. The summed E-state index contributed by atoms with van der Waals surface area (Å²) in [6, 6.07) is 6.58. The highest BCUT2D eigenvalue weighted by Gasteiger charge is 2.40. The number of ether oxygens (including phenoxy) is 1. The van der Waals surface area contributed by atoms with Crippen LogP contribution in [0.25, 0.3) is 10.9 Å². The molecule has 3 rings (SSSR count). The van der Waals surface area contributed by atoms with Gasteiger partial charge in [-0.05, 0) is 70.9 Å². The second kappa shape index (κ2) is 13.1. The lowest BCUT2D eigenvalue weighted by molar-refractivity contribution is -0.165. The van der Waals surface area contributed by atoms with Crippen molar-refractivity contribution in [2.75, 3.05) is 0 Å². The van der Waals surface area contributed by atoms with Crippen LogP contribution in [0.3, 0.4) is 0 Å². The minimum absolute atomic E-state index is 0.0606. The van der Waals surface area contributed by atoms with Crippen molar-refractivity contribution < 1.29 is 23.9 Å². The Bertz CT molecular complexity index is 1170. The SMILES string of the molecule is CCCCCC(=O)NC(N)(CCC[C@@H]1NC(=O)[C@H](CCc2c[nH]c3ccccc23)NC1=O)C(=O)OC(C)(C)C. The van der Waals surface area contributed by atoms with Crippen LogP contribution in [0.4, 0.5) is 0 Å². The minimum atomic E-state index is -1.73. The molecular formula is C29H43N5O5. The topological polar surface area (TPSA) is 155 Å². The van der Waals surface area contributed by atoms with Crippen molar-refractivity contribution in [2.45, 2.75) is 109 Å². The van der Waals surface area contributed by atoms with Gasteiger partial charge in [0.25, 0.3) is 0 Å². The van der Waals surface area contributed by atoms with E-state index in [-0.39, 0.29) is 37.0 Å². The van der Waals surface area contributed by atoms with E-state index in [4.69, 9.17) is 10.5 Å². The van der Waals surface area contributed by atoms with Gasteiger partial charge in [0.05, 0.1) is 0 Å². The maximum absolute atomic E-state index is 12.9. The lowest BCUT2D eigenvalue weighted by Gasteiger charge is -2.33. The third-order valence-electron chi connectivity index (χ3n) is 6.84. The number of piperazine rings is 1. The molecule has 0 spiro atoms. The predicted molar refractivity (Wildman–Crippen MR) is 149 cm³/mol. The molecule has 1 aliphatic rings. The Balaban J connectivity index is 1.54. The molecule has 3 atom stereocenters. The molecule has 2 aromatic rings. The van der Waals surface area contributed by atoms with Gasteiger partial charge in [-0.25, -0.2) is 4.79 Å². The first kappa shape index (κ1) is 30.1. The van der Waals surface area contributed by atoms with Gasteiger partial charge in [-0.1, -0.05) is 38.0 Å². The van der Waals surface area contributed by atoms with Crippen molar-refractivity contribution in [2.24, 2.45) is 5.73 Å². The number of para-hydroxylation sites is 1. The highest BCUT2D eigenvalue weighted by molar-refractivity contribution is 5.97. The number of unbranched alkanes of at least 4 members (excludes halogenated alkanes) is 2. The number of carbonyl (C=O) groups is 4. The Morgan fingerprint density at radius 2 is 1.67 bits per heavy atom. The van der Waals surface area contributed by atoms with Crippen molar-refractivity contribution in [1.82, 2.24) is 20.9 Å². The Kier molecular flexibility index (Phi) is 10.1. The van der Waals surface area contributed by atoms with Crippen LogP contribution in [-0.2, 0) is 30.3 Å². The summed E-state index contributed by atoms with van der Waals surface area (Å²) in [7, 11) is 0. The summed E-state index contributed by atoms with van der Waals surface area (Å²) in [5, 5.41) is 9.40. The number of benzene rings is 1. The fraction of sp³-hybridized carbons (Fsp3) is 0.586. The van der Waals surface area contributed by atoms with Gasteiger partial charge in [-0.2, -0.15) is 0 Å². The third-order valence-corrected chi connectivity index (χ3v) is 6.84. The summed E-state index contributed by atoms with van der Waals surface area (Å²) in [4.78, 5) is 54.2. The number of aryl methyl sites for hydroxylation is 1. The van der Waals surface area contributed by atoms with Crippen LogP contribution in [0.2, 0.25) is 0 Å². The van der Waals surface area contributed by atoms with Crippen molar-refractivity contribution in [3.63, 3.8) is 0 Å². The van der Waals surface area contributed by atoms with Gasteiger partial charge in [0, 0.05) is 23.5 Å². The number of nitrogens with two attached hydrogens (primary N) is 1. The number of carbonyl (C=O) groups excluding carboxylic acids is 4. The van der Waals surface area contributed by atoms with Crippen LogP contribution in [0.1, 0.15) is 84.6 Å². The van der Waals surface area contributed by atoms with Crippen LogP contribution >= 0.6 is 0 Å². The molecule has 10 heteroatoms. The molecule has 1 aliphatic heterocycles. The van der Waals surface area contributed by atoms with E-state index in [9.17, 15) is 19.2 Å². The number of esters is 1. The number of aromatic amines is 1. The van der Waals surface area contributed by atoms with Gasteiger partial charge in [-0.3, -0.25) is 20.1 Å². The molecule has 10 nitrogen and oxygen atoms in total. The summed E-state index contributed by atoms with van der Waals surface area (Å²) in [5.41, 5.74) is 5.99. The Morgan fingerprint density at radius 3 is 2.33 bits per heavy atom. The van der Waals surface area contributed by atoms with Crippen LogP contribution in [-0.4, -0.2) is 52.0 Å². The number of hydrogen-bond acceptors (Lipinski definition) is 6. The number of amides is 3. The second-order valence-corrected chi connectivity index (χ2v) is 11.4. The van der Waals surface area contributed by atoms with Crippen molar-refractivity contribution in [3.8, 4) is 0 Å². The number of aromatic nitrogens is 1. The maximum atomic E-state index is 12.9. The molecule has 3 amide bonds. The number of rotatable bonds is 13. The zero-order valence-corrected chi connectivity index (χ0v) is 23.5. The summed E-state index contributed by atoms with van der Waals surface area (Å²) in [5.74, 6) is -1.57. The molecule has 0 radical (unpaired) electrons. The lowest BCUT2D eigenvalue weighted by Crippen LogP contribution is -2.63. The molecule has 1 aromatic carbocycles. The van der Waals surface area contributed by atoms with Gasteiger partial charge in [0.2, 0.25) is 17.7 Å². The molecule has 1 saturated heterocycles. The standard InChI is InChI=1S/C29H43N5O5/c1-5-6-7-14-24(35)34-29(30,27(38)39-28(2,3)4)17-10-13-22-25(36)33-23(26(37)32-22)16-15-19-18-31-21-12-9-8-11-20(19)21/h8-9,11-12,18,22-23,31H,5-7,10,13-17,30H2,1-4H3,(H,32,37)(H,33,36)(H,34,35)/t22-,23-,29?/m0/s1. The Labute approximate surface area is 230 Å².